The predicted octanol–water partition coefficient (Wildman–Crippen LogP) is 8.13. The average molecular weight is 702 g/mol. The van der Waals surface area contributed by atoms with E-state index in [2.05, 4.69) is 22.1 Å². The molecule has 4 aromatic rings. The summed E-state index contributed by atoms with van der Waals surface area (Å²) in [6, 6.07) is 19.9. The van der Waals surface area contributed by atoms with E-state index < -0.39 is 11.9 Å². The number of nitrogens with one attached hydrogen (secondary N) is 1. The number of para-hydroxylation sites is 1. The molecular weight excluding hydrogens is 658 g/mol. The van der Waals surface area contributed by atoms with Crippen molar-refractivity contribution < 1.29 is 38.1 Å². The van der Waals surface area contributed by atoms with E-state index in [1.807, 2.05) is 24.3 Å². The molecule has 1 N–H and O–H groups in total. The quantitative estimate of drug-likeness (QED) is 0.0214. The summed E-state index contributed by atoms with van der Waals surface area (Å²) in [5.74, 6) is 0.403. The Morgan fingerprint density at radius 2 is 1.44 bits per heavy atom. The number of aromatic nitrogens is 1. The Balaban J connectivity index is 1.30. The highest BCUT2D eigenvalue weighted by atomic mass is 32.1. The van der Waals surface area contributed by atoms with E-state index in [-0.39, 0.29) is 5.97 Å². The van der Waals surface area contributed by atoms with Gasteiger partial charge >= 0.3 is 17.9 Å². The molecule has 50 heavy (non-hydrogen) atoms. The van der Waals surface area contributed by atoms with Gasteiger partial charge in [0.25, 0.3) is 0 Å². The van der Waals surface area contributed by atoms with Gasteiger partial charge in [0, 0.05) is 18.6 Å². The number of rotatable bonds is 22. The largest absolute Gasteiger partial charge is 0.494 e. The Kier molecular flexibility index (Phi) is 15.8. The number of ether oxygens (including phenoxy) is 5. The summed E-state index contributed by atoms with van der Waals surface area (Å²) in [7, 11) is 0. The molecule has 1 aromatic heterocycles. The monoisotopic (exact) mass is 701 g/mol. The fourth-order valence-corrected chi connectivity index (χ4v) is 5.49. The summed E-state index contributed by atoms with van der Waals surface area (Å²) in [6.07, 6.45) is 9.79. The van der Waals surface area contributed by atoms with Crippen LogP contribution in [0.4, 0.5) is 5.13 Å². The van der Waals surface area contributed by atoms with Crippen LogP contribution >= 0.6 is 11.3 Å². The van der Waals surface area contributed by atoms with Crippen LogP contribution in [-0.4, -0.2) is 55.5 Å². The number of anilines is 1. The highest BCUT2D eigenvalue weighted by Crippen LogP contribution is 2.27. The second-order valence-electron chi connectivity index (χ2n) is 11.2. The van der Waals surface area contributed by atoms with Gasteiger partial charge in [-0.05, 0) is 106 Å². The molecule has 0 spiro atoms. The van der Waals surface area contributed by atoms with Gasteiger partial charge in [-0.1, -0.05) is 30.0 Å². The topological polar surface area (TPSA) is 135 Å². The number of nitrogens with zero attached hydrogens (tertiary/aromatic N) is 2. The minimum atomic E-state index is -0.523. The molecule has 3 aromatic carbocycles. The van der Waals surface area contributed by atoms with Crippen LogP contribution in [-0.2, 0) is 19.1 Å². The maximum Gasteiger partial charge on any atom is 0.343 e. The molecule has 0 saturated heterocycles. The summed E-state index contributed by atoms with van der Waals surface area (Å²) >= 11 is 1.48. The Morgan fingerprint density at radius 1 is 0.800 bits per heavy atom. The lowest BCUT2D eigenvalue weighted by Gasteiger charge is -2.11. The third kappa shape index (κ3) is 13.3. The smallest absolute Gasteiger partial charge is 0.343 e. The third-order valence-electron chi connectivity index (χ3n) is 7.26. The summed E-state index contributed by atoms with van der Waals surface area (Å²) < 4.78 is 28.6. The maximum absolute atomic E-state index is 13.1. The molecule has 0 fully saturated rings. The Morgan fingerprint density at radius 3 is 2.12 bits per heavy atom. The second kappa shape index (κ2) is 21.0. The van der Waals surface area contributed by atoms with Crippen molar-refractivity contribution in [1.82, 2.24) is 4.98 Å². The fraction of sp³-hybridized carbons (Fsp3) is 0.342. The van der Waals surface area contributed by atoms with Crippen molar-refractivity contribution in [2.24, 2.45) is 5.10 Å². The minimum absolute atomic E-state index is 0.262. The highest BCUT2D eigenvalue weighted by Gasteiger charge is 2.13. The zero-order valence-corrected chi connectivity index (χ0v) is 29.1. The molecule has 0 saturated carbocycles. The van der Waals surface area contributed by atoms with Gasteiger partial charge in [-0.25, -0.2) is 14.6 Å². The van der Waals surface area contributed by atoms with Gasteiger partial charge in [-0.15, -0.1) is 0 Å². The van der Waals surface area contributed by atoms with Gasteiger partial charge in [0.1, 0.15) is 17.2 Å². The van der Waals surface area contributed by atoms with E-state index in [9.17, 15) is 14.4 Å². The van der Waals surface area contributed by atoms with Crippen molar-refractivity contribution in [3.63, 3.8) is 0 Å². The fourth-order valence-electron chi connectivity index (χ4n) is 4.68. The standard InChI is InChI=1S/C38H43N3O8S/c1-3-36(43)48-25-13-7-6-11-23-46-31-18-16-29(17-19-31)37(44)49-34-21-20-32(47-24-12-5-4-10-22-45-28(2)42)26-30(34)27-39-41-38-40-33-14-8-9-15-35(33)50-38/h3,8-9,14-21,26-27H,1,4-7,10-13,22-25H2,2H3,(H,40,41)/b39-27+. The number of hydrazone groups is 1. The van der Waals surface area contributed by atoms with Crippen LogP contribution in [0.25, 0.3) is 10.2 Å². The van der Waals surface area contributed by atoms with E-state index in [0.29, 0.717) is 59.9 Å². The molecule has 0 aliphatic carbocycles. The van der Waals surface area contributed by atoms with E-state index in [1.54, 1.807) is 48.7 Å². The number of hydrogen-bond donors (Lipinski definition) is 1. The van der Waals surface area contributed by atoms with Crippen LogP contribution in [0.3, 0.4) is 0 Å². The molecule has 0 atom stereocenters. The Hall–Kier alpha value is -5.23. The van der Waals surface area contributed by atoms with Crippen molar-refractivity contribution in [1.29, 1.82) is 0 Å². The number of thiazole rings is 1. The number of benzene rings is 3. The SMILES string of the molecule is C=CC(=O)OCCCCCCOc1ccc(C(=O)Oc2ccc(OCCCCCCOC(C)=O)cc2/C=N/Nc2nc3ccccc3s2)cc1. The summed E-state index contributed by atoms with van der Waals surface area (Å²) in [6.45, 7) is 6.65. The van der Waals surface area contributed by atoms with Crippen LogP contribution in [0.15, 0.2) is 84.5 Å². The number of unbranched alkanes of at least 4 members (excludes halogenated alkanes) is 6. The van der Waals surface area contributed by atoms with Gasteiger partial charge in [-0.3, -0.25) is 10.2 Å². The van der Waals surface area contributed by atoms with Crippen LogP contribution in [0, 0.1) is 0 Å². The van der Waals surface area contributed by atoms with Gasteiger partial charge in [-0.2, -0.15) is 5.10 Å². The van der Waals surface area contributed by atoms with Crippen LogP contribution in [0.1, 0.15) is 74.2 Å². The lowest BCUT2D eigenvalue weighted by Crippen LogP contribution is -2.10. The lowest BCUT2D eigenvalue weighted by molar-refractivity contribution is -0.141. The molecule has 0 radical (unpaired) electrons. The first-order valence-electron chi connectivity index (χ1n) is 16.7. The van der Waals surface area contributed by atoms with Crippen molar-refractivity contribution >= 4 is 50.8 Å². The molecule has 1 heterocycles. The van der Waals surface area contributed by atoms with Crippen LogP contribution in [0.2, 0.25) is 0 Å². The number of hydrogen-bond acceptors (Lipinski definition) is 12. The predicted molar refractivity (Wildman–Crippen MR) is 194 cm³/mol. The lowest BCUT2D eigenvalue weighted by atomic mass is 10.2. The molecule has 0 aliphatic heterocycles. The first-order chi connectivity index (χ1) is 24.4. The van der Waals surface area contributed by atoms with Crippen molar-refractivity contribution in [2.45, 2.75) is 58.3 Å². The number of carbonyl (C=O) groups is 3. The first-order valence-corrected chi connectivity index (χ1v) is 17.5. The van der Waals surface area contributed by atoms with Crippen molar-refractivity contribution in [2.75, 3.05) is 31.9 Å². The van der Waals surface area contributed by atoms with Crippen molar-refractivity contribution in [3.8, 4) is 17.2 Å². The molecule has 0 aliphatic rings. The second-order valence-corrected chi connectivity index (χ2v) is 12.2. The molecule has 264 valence electrons. The van der Waals surface area contributed by atoms with E-state index >= 15 is 0 Å². The van der Waals surface area contributed by atoms with E-state index in [4.69, 9.17) is 23.7 Å². The van der Waals surface area contributed by atoms with E-state index in [0.717, 1.165) is 67.7 Å². The zero-order chi connectivity index (χ0) is 35.4. The first kappa shape index (κ1) is 37.6. The number of fused-ring (bicyclic) bond motifs is 1. The number of carbonyl (C=O) groups excluding carboxylic acids is 3. The normalized spacial score (nSPS) is 10.9. The van der Waals surface area contributed by atoms with E-state index in [1.165, 1.54) is 18.3 Å². The summed E-state index contributed by atoms with van der Waals surface area (Å²) in [5, 5.41) is 5.00. The van der Waals surface area contributed by atoms with Gasteiger partial charge in [0.2, 0.25) is 5.13 Å². The Labute approximate surface area is 296 Å². The molecule has 12 heteroatoms. The molecule has 0 unspecified atom stereocenters. The molecule has 0 bridgehead atoms. The zero-order valence-electron chi connectivity index (χ0n) is 28.3. The van der Waals surface area contributed by atoms with Crippen LogP contribution < -0.4 is 19.6 Å². The molecular formula is C38H43N3O8S. The van der Waals surface area contributed by atoms with Gasteiger partial charge < -0.3 is 23.7 Å². The van der Waals surface area contributed by atoms with Gasteiger partial charge in [0.05, 0.1) is 48.4 Å². The third-order valence-corrected chi connectivity index (χ3v) is 8.20. The highest BCUT2D eigenvalue weighted by molar-refractivity contribution is 7.22. The summed E-state index contributed by atoms with van der Waals surface area (Å²) in [4.78, 5) is 39.6. The maximum atomic E-state index is 13.1. The van der Waals surface area contributed by atoms with Crippen molar-refractivity contribution in [3.05, 3.63) is 90.5 Å². The van der Waals surface area contributed by atoms with Gasteiger partial charge in [0.15, 0.2) is 0 Å². The summed E-state index contributed by atoms with van der Waals surface area (Å²) in [5.41, 5.74) is 4.77. The molecule has 4 rings (SSSR count). The number of esters is 3. The Bertz CT molecular complexity index is 1690. The molecule has 11 nitrogen and oxygen atoms in total. The van der Waals surface area contributed by atoms with Crippen LogP contribution in [0.5, 0.6) is 17.2 Å². The average Bonchev–Trinajstić information content (AvgIpc) is 3.54. The minimum Gasteiger partial charge on any atom is -0.494 e. The molecule has 0 amide bonds.